The van der Waals surface area contributed by atoms with Gasteiger partial charge in [-0.05, 0) is 49.6 Å². The summed E-state index contributed by atoms with van der Waals surface area (Å²) in [5.74, 6) is 0.186. The predicted octanol–water partition coefficient (Wildman–Crippen LogP) is 3.57. The fraction of sp³-hybridized carbons (Fsp3) is 0.462. The lowest BCUT2D eigenvalue weighted by Crippen LogP contribution is -2.48. The number of amides is 2. The summed E-state index contributed by atoms with van der Waals surface area (Å²) in [6.07, 6.45) is 2.59. The maximum atomic E-state index is 13.6. The van der Waals surface area contributed by atoms with E-state index < -0.39 is 0 Å². The normalized spacial score (nSPS) is 18.4. The third-order valence-electron chi connectivity index (χ3n) is 6.36. The highest BCUT2D eigenvalue weighted by Crippen LogP contribution is 2.23. The highest BCUT2D eigenvalue weighted by molar-refractivity contribution is 5.97. The minimum atomic E-state index is 0.0196. The van der Waals surface area contributed by atoms with Gasteiger partial charge in [-0.25, -0.2) is 0 Å². The molecule has 0 radical (unpaired) electrons. The second-order valence-corrected chi connectivity index (χ2v) is 8.73. The standard InChI is InChI=1S/C26H33N3O3/c1-21(19-27-15-17-32-18-16-27)29(20-22-7-3-2-4-8-22)26(31)23-10-12-24(13-11-23)28-14-6-5-9-25(28)30/h2-4,7-8,10-13,21H,5-6,9,14-20H2,1H3. The van der Waals surface area contributed by atoms with E-state index in [0.29, 0.717) is 18.5 Å². The maximum absolute atomic E-state index is 13.6. The highest BCUT2D eigenvalue weighted by atomic mass is 16.5. The van der Waals surface area contributed by atoms with Crippen molar-refractivity contribution in [2.75, 3.05) is 44.3 Å². The molecule has 1 unspecified atom stereocenters. The lowest BCUT2D eigenvalue weighted by molar-refractivity contribution is -0.119. The molecule has 0 aliphatic carbocycles. The average Bonchev–Trinajstić information content (AvgIpc) is 2.84. The van der Waals surface area contributed by atoms with Gasteiger partial charge in [0.25, 0.3) is 5.91 Å². The SMILES string of the molecule is CC(CN1CCOCC1)N(Cc1ccccc1)C(=O)c1ccc(N2CCCCC2=O)cc1. The highest BCUT2D eigenvalue weighted by Gasteiger charge is 2.25. The Kier molecular flexibility index (Phi) is 7.55. The summed E-state index contributed by atoms with van der Waals surface area (Å²) in [6, 6.07) is 17.7. The average molecular weight is 436 g/mol. The fourth-order valence-electron chi connectivity index (χ4n) is 4.49. The first-order chi connectivity index (χ1) is 15.6. The quantitative estimate of drug-likeness (QED) is 0.667. The van der Waals surface area contributed by atoms with Gasteiger partial charge in [-0.1, -0.05) is 30.3 Å². The summed E-state index contributed by atoms with van der Waals surface area (Å²) in [4.78, 5) is 32.0. The van der Waals surface area contributed by atoms with Gasteiger partial charge in [-0.15, -0.1) is 0 Å². The molecule has 2 fully saturated rings. The molecule has 0 aromatic heterocycles. The van der Waals surface area contributed by atoms with Crippen LogP contribution < -0.4 is 4.90 Å². The van der Waals surface area contributed by atoms with E-state index in [1.54, 1.807) is 0 Å². The molecule has 2 aromatic rings. The third-order valence-corrected chi connectivity index (χ3v) is 6.36. The van der Waals surface area contributed by atoms with Gasteiger partial charge >= 0.3 is 0 Å². The summed E-state index contributed by atoms with van der Waals surface area (Å²) in [5.41, 5.74) is 2.65. The zero-order chi connectivity index (χ0) is 22.3. The molecular formula is C26H33N3O3. The molecule has 0 spiro atoms. The van der Waals surface area contributed by atoms with Crippen LogP contribution in [0, 0.1) is 0 Å². The Labute approximate surface area is 190 Å². The van der Waals surface area contributed by atoms with Gasteiger partial charge in [0, 0.05) is 56.4 Å². The van der Waals surface area contributed by atoms with E-state index >= 15 is 0 Å². The molecule has 0 saturated carbocycles. The number of piperidine rings is 1. The van der Waals surface area contributed by atoms with Crippen molar-refractivity contribution in [3.05, 3.63) is 65.7 Å². The van der Waals surface area contributed by atoms with E-state index in [2.05, 4.69) is 24.0 Å². The van der Waals surface area contributed by atoms with Crippen molar-refractivity contribution < 1.29 is 14.3 Å². The van der Waals surface area contributed by atoms with Gasteiger partial charge in [0.15, 0.2) is 0 Å². The van der Waals surface area contributed by atoms with Crippen molar-refractivity contribution in [1.82, 2.24) is 9.80 Å². The fourth-order valence-corrected chi connectivity index (χ4v) is 4.49. The molecule has 2 aromatic carbocycles. The van der Waals surface area contributed by atoms with Gasteiger partial charge in [-0.3, -0.25) is 14.5 Å². The molecule has 6 nitrogen and oxygen atoms in total. The number of carbonyl (C=O) groups is 2. The van der Waals surface area contributed by atoms with E-state index in [9.17, 15) is 9.59 Å². The Morgan fingerprint density at radius 3 is 2.41 bits per heavy atom. The van der Waals surface area contributed by atoms with Gasteiger partial charge in [0.1, 0.15) is 0 Å². The first-order valence-corrected chi connectivity index (χ1v) is 11.7. The molecule has 2 heterocycles. The van der Waals surface area contributed by atoms with Crippen LogP contribution in [0.25, 0.3) is 0 Å². The zero-order valence-electron chi connectivity index (χ0n) is 18.9. The van der Waals surface area contributed by atoms with Gasteiger partial charge in [0.05, 0.1) is 13.2 Å². The predicted molar refractivity (Wildman–Crippen MR) is 126 cm³/mol. The molecule has 32 heavy (non-hydrogen) atoms. The summed E-state index contributed by atoms with van der Waals surface area (Å²) in [5, 5.41) is 0. The van der Waals surface area contributed by atoms with Crippen LogP contribution in [0.5, 0.6) is 0 Å². The molecule has 2 aliphatic rings. The van der Waals surface area contributed by atoms with Gasteiger partial charge < -0.3 is 14.5 Å². The minimum Gasteiger partial charge on any atom is -0.379 e. The first-order valence-electron chi connectivity index (χ1n) is 11.7. The van der Waals surface area contributed by atoms with Crippen molar-refractivity contribution in [2.45, 2.75) is 38.8 Å². The largest absolute Gasteiger partial charge is 0.379 e. The Morgan fingerprint density at radius 2 is 1.72 bits per heavy atom. The van der Waals surface area contributed by atoms with Crippen molar-refractivity contribution >= 4 is 17.5 Å². The maximum Gasteiger partial charge on any atom is 0.254 e. The number of anilines is 1. The Balaban J connectivity index is 1.51. The van der Waals surface area contributed by atoms with Crippen LogP contribution in [0.3, 0.4) is 0 Å². The van der Waals surface area contributed by atoms with E-state index in [1.165, 1.54) is 0 Å². The third kappa shape index (κ3) is 5.56. The van der Waals surface area contributed by atoms with E-state index in [-0.39, 0.29) is 17.9 Å². The molecule has 4 rings (SSSR count). The second kappa shape index (κ2) is 10.7. The van der Waals surface area contributed by atoms with Gasteiger partial charge in [0.2, 0.25) is 5.91 Å². The summed E-state index contributed by atoms with van der Waals surface area (Å²) in [7, 11) is 0. The Bertz CT molecular complexity index is 894. The number of benzene rings is 2. The van der Waals surface area contributed by atoms with Crippen molar-refractivity contribution in [3.8, 4) is 0 Å². The number of ether oxygens (including phenoxy) is 1. The number of carbonyl (C=O) groups excluding carboxylic acids is 2. The van der Waals surface area contributed by atoms with Crippen LogP contribution in [-0.2, 0) is 16.1 Å². The first kappa shape index (κ1) is 22.5. The van der Waals surface area contributed by atoms with Crippen LogP contribution in [0.15, 0.2) is 54.6 Å². The molecule has 2 saturated heterocycles. The van der Waals surface area contributed by atoms with Gasteiger partial charge in [-0.2, -0.15) is 0 Å². The molecule has 170 valence electrons. The number of hydrogen-bond acceptors (Lipinski definition) is 4. The summed E-state index contributed by atoms with van der Waals surface area (Å²) < 4.78 is 5.47. The summed E-state index contributed by atoms with van der Waals surface area (Å²) >= 11 is 0. The zero-order valence-corrected chi connectivity index (χ0v) is 18.9. The van der Waals surface area contributed by atoms with E-state index in [1.807, 2.05) is 52.3 Å². The van der Waals surface area contributed by atoms with Crippen LogP contribution >= 0.6 is 0 Å². The Hall–Kier alpha value is -2.70. The topological polar surface area (TPSA) is 53.1 Å². The molecule has 0 bridgehead atoms. The lowest BCUT2D eigenvalue weighted by atomic mass is 10.1. The van der Waals surface area contributed by atoms with E-state index in [4.69, 9.17) is 4.74 Å². The molecule has 2 aliphatic heterocycles. The van der Waals surface area contributed by atoms with Crippen LogP contribution in [-0.4, -0.2) is 67.0 Å². The number of rotatable bonds is 7. The lowest BCUT2D eigenvalue weighted by Gasteiger charge is -2.35. The minimum absolute atomic E-state index is 0.0196. The molecule has 1 atom stereocenters. The Morgan fingerprint density at radius 1 is 1.00 bits per heavy atom. The molecular weight excluding hydrogens is 402 g/mol. The monoisotopic (exact) mass is 435 g/mol. The second-order valence-electron chi connectivity index (χ2n) is 8.73. The smallest absolute Gasteiger partial charge is 0.254 e. The molecule has 0 N–H and O–H groups in total. The molecule has 6 heteroatoms. The number of hydrogen-bond donors (Lipinski definition) is 0. The number of morpholine rings is 1. The van der Waals surface area contributed by atoms with Crippen molar-refractivity contribution in [2.24, 2.45) is 0 Å². The van der Waals surface area contributed by atoms with E-state index in [0.717, 1.165) is 63.5 Å². The molecule has 2 amide bonds. The number of nitrogens with zero attached hydrogens (tertiary/aromatic N) is 3. The summed E-state index contributed by atoms with van der Waals surface area (Å²) in [6.45, 7) is 7.55. The van der Waals surface area contributed by atoms with Crippen molar-refractivity contribution in [1.29, 1.82) is 0 Å². The van der Waals surface area contributed by atoms with Crippen molar-refractivity contribution in [3.63, 3.8) is 0 Å². The van der Waals surface area contributed by atoms with Crippen LogP contribution in [0.2, 0.25) is 0 Å². The van der Waals surface area contributed by atoms with Crippen LogP contribution in [0.1, 0.15) is 42.1 Å². The van der Waals surface area contributed by atoms with Crippen LogP contribution in [0.4, 0.5) is 5.69 Å².